The first-order chi connectivity index (χ1) is 9.84. The molecule has 20 heavy (non-hydrogen) atoms. The monoisotopic (exact) mass is 270 g/mol. The van der Waals surface area contributed by atoms with E-state index in [-0.39, 0.29) is 5.91 Å². The van der Waals surface area contributed by atoms with Crippen LogP contribution in [0.4, 0.5) is 0 Å². The molecule has 1 aliphatic rings. The number of hydrogen-bond donors (Lipinski definition) is 1. The van der Waals surface area contributed by atoms with Crippen molar-refractivity contribution >= 4 is 16.7 Å². The number of benzene rings is 1. The molecular weight excluding hydrogens is 252 g/mol. The lowest BCUT2D eigenvalue weighted by Crippen LogP contribution is -2.32. The third-order valence-electron chi connectivity index (χ3n) is 3.78. The Morgan fingerprint density at radius 1 is 1.25 bits per heavy atom. The van der Waals surface area contributed by atoms with Gasteiger partial charge in [-0.05, 0) is 30.2 Å². The van der Waals surface area contributed by atoms with Gasteiger partial charge >= 0.3 is 0 Å². The molecule has 3 rings (SSSR count). The Morgan fingerprint density at radius 2 is 2.05 bits per heavy atom. The van der Waals surface area contributed by atoms with Crippen molar-refractivity contribution in [2.75, 3.05) is 19.8 Å². The lowest BCUT2D eigenvalue weighted by Gasteiger charge is -2.22. The second-order valence-corrected chi connectivity index (χ2v) is 5.15. The number of nitrogens with one attached hydrogen (secondary N) is 1. The van der Waals surface area contributed by atoms with E-state index in [0.29, 0.717) is 18.2 Å². The summed E-state index contributed by atoms with van der Waals surface area (Å²) in [6.07, 6.45) is 3.72. The minimum atomic E-state index is -0.0895. The Hall–Kier alpha value is -1.94. The molecule has 1 aliphatic heterocycles. The first-order valence-electron chi connectivity index (χ1n) is 7.04. The Kier molecular flexibility index (Phi) is 3.92. The number of amides is 1. The minimum absolute atomic E-state index is 0.0895. The SMILES string of the molecule is O=C(NCC1CCOCC1)c1nccc2ccccc12. The van der Waals surface area contributed by atoms with Gasteiger partial charge in [-0.1, -0.05) is 24.3 Å². The summed E-state index contributed by atoms with van der Waals surface area (Å²) in [6.45, 7) is 2.30. The molecule has 1 aromatic carbocycles. The molecule has 0 unspecified atom stereocenters. The van der Waals surface area contributed by atoms with Gasteiger partial charge in [0.1, 0.15) is 5.69 Å². The summed E-state index contributed by atoms with van der Waals surface area (Å²) in [4.78, 5) is 16.5. The van der Waals surface area contributed by atoms with Gasteiger partial charge in [-0.3, -0.25) is 9.78 Å². The van der Waals surface area contributed by atoms with E-state index in [0.717, 1.165) is 36.8 Å². The van der Waals surface area contributed by atoms with Crippen LogP contribution in [0.1, 0.15) is 23.3 Å². The fourth-order valence-electron chi connectivity index (χ4n) is 2.57. The summed E-state index contributed by atoms with van der Waals surface area (Å²) in [5.74, 6) is 0.427. The van der Waals surface area contributed by atoms with Gasteiger partial charge in [0.25, 0.3) is 5.91 Å². The van der Waals surface area contributed by atoms with Crippen LogP contribution in [0.2, 0.25) is 0 Å². The van der Waals surface area contributed by atoms with Crippen molar-refractivity contribution in [1.29, 1.82) is 0 Å². The largest absolute Gasteiger partial charge is 0.381 e. The van der Waals surface area contributed by atoms with Gasteiger partial charge in [0.05, 0.1) is 0 Å². The molecule has 1 saturated heterocycles. The highest BCUT2D eigenvalue weighted by atomic mass is 16.5. The smallest absolute Gasteiger partial charge is 0.270 e. The molecule has 0 saturated carbocycles. The average Bonchev–Trinajstić information content (AvgIpc) is 2.53. The van der Waals surface area contributed by atoms with Crippen molar-refractivity contribution in [2.24, 2.45) is 5.92 Å². The summed E-state index contributed by atoms with van der Waals surface area (Å²) in [5, 5.41) is 4.95. The van der Waals surface area contributed by atoms with Gasteiger partial charge in [0, 0.05) is 31.3 Å². The second kappa shape index (κ2) is 6.01. The molecule has 1 fully saturated rings. The Labute approximate surface area is 118 Å². The summed E-state index contributed by atoms with van der Waals surface area (Å²) >= 11 is 0. The summed E-state index contributed by atoms with van der Waals surface area (Å²) in [7, 11) is 0. The van der Waals surface area contributed by atoms with Crippen LogP contribution in [0.5, 0.6) is 0 Å². The minimum Gasteiger partial charge on any atom is -0.381 e. The van der Waals surface area contributed by atoms with Crippen LogP contribution in [0.15, 0.2) is 36.5 Å². The van der Waals surface area contributed by atoms with E-state index in [4.69, 9.17) is 4.74 Å². The van der Waals surface area contributed by atoms with E-state index in [1.807, 2.05) is 30.3 Å². The third-order valence-corrected chi connectivity index (χ3v) is 3.78. The van der Waals surface area contributed by atoms with Crippen molar-refractivity contribution in [3.8, 4) is 0 Å². The summed E-state index contributed by atoms with van der Waals surface area (Å²) < 4.78 is 5.32. The van der Waals surface area contributed by atoms with Gasteiger partial charge in [-0.15, -0.1) is 0 Å². The fraction of sp³-hybridized carbons (Fsp3) is 0.375. The molecule has 2 aromatic rings. The van der Waals surface area contributed by atoms with Gasteiger partial charge in [-0.25, -0.2) is 0 Å². The standard InChI is InChI=1S/C16H18N2O2/c19-16(18-11-12-6-9-20-10-7-12)15-14-4-2-1-3-13(14)5-8-17-15/h1-5,8,12H,6-7,9-11H2,(H,18,19). The Morgan fingerprint density at radius 3 is 2.90 bits per heavy atom. The molecule has 0 radical (unpaired) electrons. The highest BCUT2D eigenvalue weighted by Gasteiger charge is 2.16. The molecule has 0 atom stereocenters. The predicted octanol–water partition coefficient (Wildman–Crippen LogP) is 2.39. The zero-order valence-corrected chi connectivity index (χ0v) is 11.3. The number of carbonyl (C=O) groups excluding carboxylic acids is 1. The fourth-order valence-corrected chi connectivity index (χ4v) is 2.57. The normalized spacial score (nSPS) is 16.2. The number of carbonyl (C=O) groups is 1. The topological polar surface area (TPSA) is 51.2 Å². The van der Waals surface area contributed by atoms with Crippen molar-refractivity contribution < 1.29 is 9.53 Å². The zero-order valence-electron chi connectivity index (χ0n) is 11.3. The molecule has 2 heterocycles. The Bertz CT molecular complexity index is 601. The van der Waals surface area contributed by atoms with Crippen LogP contribution in [0.25, 0.3) is 10.8 Å². The second-order valence-electron chi connectivity index (χ2n) is 5.15. The van der Waals surface area contributed by atoms with Crippen LogP contribution in [-0.2, 0) is 4.74 Å². The number of fused-ring (bicyclic) bond motifs is 1. The molecule has 0 bridgehead atoms. The highest BCUT2D eigenvalue weighted by molar-refractivity contribution is 6.05. The number of nitrogens with zero attached hydrogens (tertiary/aromatic N) is 1. The maximum Gasteiger partial charge on any atom is 0.270 e. The lowest BCUT2D eigenvalue weighted by molar-refractivity contribution is 0.0642. The molecule has 4 nitrogen and oxygen atoms in total. The molecule has 1 amide bonds. The highest BCUT2D eigenvalue weighted by Crippen LogP contribution is 2.17. The first-order valence-corrected chi connectivity index (χ1v) is 7.04. The summed E-state index contributed by atoms with van der Waals surface area (Å²) in [6, 6.07) is 9.74. The van der Waals surface area contributed by atoms with E-state index in [1.54, 1.807) is 6.20 Å². The van der Waals surface area contributed by atoms with E-state index in [2.05, 4.69) is 10.3 Å². The molecule has 1 N–H and O–H groups in total. The Balaban J connectivity index is 1.72. The van der Waals surface area contributed by atoms with Crippen LogP contribution in [0.3, 0.4) is 0 Å². The molecular formula is C16H18N2O2. The van der Waals surface area contributed by atoms with E-state index < -0.39 is 0 Å². The average molecular weight is 270 g/mol. The summed E-state index contributed by atoms with van der Waals surface area (Å²) in [5.41, 5.74) is 0.509. The van der Waals surface area contributed by atoms with Crippen molar-refractivity contribution in [1.82, 2.24) is 10.3 Å². The maximum atomic E-state index is 12.3. The van der Waals surface area contributed by atoms with E-state index in [9.17, 15) is 4.79 Å². The van der Waals surface area contributed by atoms with E-state index in [1.165, 1.54) is 0 Å². The molecule has 0 spiro atoms. The van der Waals surface area contributed by atoms with Gasteiger partial charge in [-0.2, -0.15) is 0 Å². The van der Waals surface area contributed by atoms with Crippen LogP contribution >= 0.6 is 0 Å². The molecule has 1 aromatic heterocycles. The van der Waals surface area contributed by atoms with E-state index >= 15 is 0 Å². The predicted molar refractivity (Wildman–Crippen MR) is 77.6 cm³/mol. The van der Waals surface area contributed by atoms with Crippen LogP contribution < -0.4 is 5.32 Å². The molecule has 4 heteroatoms. The number of ether oxygens (including phenoxy) is 1. The van der Waals surface area contributed by atoms with Crippen molar-refractivity contribution in [2.45, 2.75) is 12.8 Å². The first kappa shape index (κ1) is 13.1. The lowest BCUT2D eigenvalue weighted by atomic mass is 10.0. The zero-order chi connectivity index (χ0) is 13.8. The number of hydrogen-bond acceptors (Lipinski definition) is 3. The quantitative estimate of drug-likeness (QED) is 0.931. The number of aromatic nitrogens is 1. The van der Waals surface area contributed by atoms with Crippen LogP contribution in [-0.4, -0.2) is 30.6 Å². The van der Waals surface area contributed by atoms with Crippen molar-refractivity contribution in [3.05, 3.63) is 42.2 Å². The number of pyridine rings is 1. The van der Waals surface area contributed by atoms with Gasteiger partial charge in [0.15, 0.2) is 0 Å². The van der Waals surface area contributed by atoms with Crippen molar-refractivity contribution in [3.63, 3.8) is 0 Å². The maximum absolute atomic E-state index is 12.3. The van der Waals surface area contributed by atoms with Gasteiger partial charge in [0.2, 0.25) is 0 Å². The molecule has 0 aliphatic carbocycles. The van der Waals surface area contributed by atoms with Gasteiger partial charge < -0.3 is 10.1 Å². The van der Waals surface area contributed by atoms with Crippen LogP contribution in [0, 0.1) is 5.92 Å². The molecule has 104 valence electrons. The third kappa shape index (κ3) is 2.80. The number of rotatable bonds is 3.